The number of morpholine rings is 1. The van der Waals surface area contributed by atoms with Crippen molar-refractivity contribution in [2.24, 2.45) is 11.8 Å². The van der Waals surface area contributed by atoms with Gasteiger partial charge in [0, 0.05) is 13.1 Å². The van der Waals surface area contributed by atoms with Crippen LogP contribution in [0.4, 0.5) is 0 Å². The maximum absolute atomic E-state index is 11.9. The Labute approximate surface area is 110 Å². The molecule has 2 rings (SSSR count). The number of rotatable bonds is 4. The van der Waals surface area contributed by atoms with Crippen LogP contribution in [0.1, 0.15) is 32.6 Å². The molecule has 1 amide bonds. The molecule has 0 bridgehead atoms. The van der Waals surface area contributed by atoms with Crippen molar-refractivity contribution >= 4 is 5.91 Å². The van der Waals surface area contributed by atoms with E-state index in [4.69, 9.17) is 4.74 Å². The highest BCUT2D eigenvalue weighted by Crippen LogP contribution is 2.27. The van der Waals surface area contributed by atoms with Crippen molar-refractivity contribution in [1.29, 1.82) is 0 Å². The highest BCUT2D eigenvalue weighted by molar-refractivity contribution is 5.78. The third-order valence-corrected chi connectivity index (χ3v) is 4.21. The lowest BCUT2D eigenvalue weighted by molar-refractivity contribution is -0.134. The Balaban J connectivity index is 1.58. The summed E-state index contributed by atoms with van der Waals surface area (Å²) < 4.78 is 5.25. The zero-order valence-corrected chi connectivity index (χ0v) is 11.5. The van der Waals surface area contributed by atoms with Crippen molar-refractivity contribution in [2.45, 2.75) is 32.6 Å². The first-order chi connectivity index (χ1) is 8.75. The summed E-state index contributed by atoms with van der Waals surface area (Å²) in [5.74, 6) is 1.90. The number of nitrogens with one attached hydrogen (secondary N) is 1. The molecule has 2 fully saturated rings. The number of nitrogens with zero attached hydrogens (tertiary/aromatic N) is 1. The molecule has 1 aliphatic heterocycles. The first-order valence-electron chi connectivity index (χ1n) is 7.32. The van der Waals surface area contributed by atoms with Crippen molar-refractivity contribution in [1.82, 2.24) is 10.2 Å². The Hall–Kier alpha value is -0.610. The fourth-order valence-electron chi connectivity index (χ4n) is 2.84. The Bertz CT molecular complexity index is 257. The zero-order valence-electron chi connectivity index (χ0n) is 11.5. The van der Waals surface area contributed by atoms with E-state index < -0.39 is 0 Å². The molecule has 1 saturated heterocycles. The predicted molar refractivity (Wildman–Crippen MR) is 71.4 cm³/mol. The minimum atomic E-state index is 0.225. The van der Waals surface area contributed by atoms with Gasteiger partial charge in [-0.05, 0) is 31.2 Å². The molecule has 104 valence electrons. The van der Waals surface area contributed by atoms with E-state index in [0.29, 0.717) is 19.8 Å². The van der Waals surface area contributed by atoms with E-state index in [2.05, 4.69) is 12.2 Å². The van der Waals surface area contributed by atoms with Gasteiger partial charge in [-0.2, -0.15) is 0 Å². The minimum Gasteiger partial charge on any atom is -0.378 e. The second-order valence-corrected chi connectivity index (χ2v) is 5.75. The maximum atomic E-state index is 11.9. The third-order valence-electron chi connectivity index (χ3n) is 4.21. The molecule has 1 saturated carbocycles. The topological polar surface area (TPSA) is 41.6 Å². The normalized spacial score (nSPS) is 29.3. The molecule has 1 aliphatic carbocycles. The van der Waals surface area contributed by atoms with Gasteiger partial charge >= 0.3 is 0 Å². The van der Waals surface area contributed by atoms with Gasteiger partial charge in [-0.1, -0.05) is 19.8 Å². The van der Waals surface area contributed by atoms with Gasteiger partial charge in [0.2, 0.25) is 5.91 Å². The van der Waals surface area contributed by atoms with Gasteiger partial charge in [-0.3, -0.25) is 4.79 Å². The Kier molecular flexibility index (Phi) is 5.45. The fourth-order valence-corrected chi connectivity index (χ4v) is 2.84. The molecule has 1 heterocycles. The summed E-state index contributed by atoms with van der Waals surface area (Å²) in [6.45, 7) is 6.71. The number of ether oxygens (including phenoxy) is 1. The van der Waals surface area contributed by atoms with Crippen molar-refractivity contribution in [3.05, 3.63) is 0 Å². The summed E-state index contributed by atoms with van der Waals surface area (Å²) >= 11 is 0. The Morgan fingerprint density at radius 2 is 1.89 bits per heavy atom. The average molecular weight is 254 g/mol. The van der Waals surface area contributed by atoms with Crippen LogP contribution in [0.5, 0.6) is 0 Å². The first kappa shape index (κ1) is 13.8. The first-order valence-corrected chi connectivity index (χ1v) is 7.32. The van der Waals surface area contributed by atoms with Crippen LogP contribution < -0.4 is 5.32 Å². The van der Waals surface area contributed by atoms with Gasteiger partial charge < -0.3 is 15.0 Å². The van der Waals surface area contributed by atoms with E-state index in [0.717, 1.165) is 31.5 Å². The molecule has 2 aliphatic rings. The summed E-state index contributed by atoms with van der Waals surface area (Å²) in [7, 11) is 0. The van der Waals surface area contributed by atoms with Crippen LogP contribution in [0, 0.1) is 11.8 Å². The molecule has 0 spiro atoms. The second-order valence-electron chi connectivity index (χ2n) is 5.75. The van der Waals surface area contributed by atoms with Gasteiger partial charge in [0.1, 0.15) is 0 Å². The van der Waals surface area contributed by atoms with Gasteiger partial charge in [-0.25, -0.2) is 0 Å². The van der Waals surface area contributed by atoms with Crippen LogP contribution in [0.2, 0.25) is 0 Å². The van der Waals surface area contributed by atoms with E-state index in [1.807, 2.05) is 4.90 Å². The van der Waals surface area contributed by atoms with Gasteiger partial charge in [0.05, 0.1) is 19.8 Å². The van der Waals surface area contributed by atoms with Crippen molar-refractivity contribution in [2.75, 3.05) is 39.4 Å². The largest absolute Gasteiger partial charge is 0.378 e. The number of carbonyl (C=O) groups is 1. The lowest BCUT2D eigenvalue weighted by atomic mass is 9.83. The van der Waals surface area contributed by atoms with Crippen LogP contribution in [0.15, 0.2) is 0 Å². The van der Waals surface area contributed by atoms with Crippen molar-refractivity contribution in [3.8, 4) is 0 Å². The SMILES string of the molecule is CC1CCC(CNCC(=O)N2CCOCC2)CC1. The predicted octanol–water partition coefficient (Wildman–Crippen LogP) is 1.26. The molecule has 4 nitrogen and oxygen atoms in total. The second kappa shape index (κ2) is 7.10. The summed E-state index contributed by atoms with van der Waals surface area (Å²) in [4.78, 5) is 13.8. The maximum Gasteiger partial charge on any atom is 0.236 e. The smallest absolute Gasteiger partial charge is 0.236 e. The zero-order chi connectivity index (χ0) is 12.8. The molecule has 0 atom stereocenters. The van der Waals surface area contributed by atoms with Crippen molar-refractivity contribution < 1.29 is 9.53 Å². The minimum absolute atomic E-state index is 0.225. The van der Waals surface area contributed by atoms with Gasteiger partial charge in [0.25, 0.3) is 0 Å². The Morgan fingerprint density at radius 3 is 2.56 bits per heavy atom. The number of amides is 1. The van der Waals surface area contributed by atoms with E-state index in [-0.39, 0.29) is 5.91 Å². The van der Waals surface area contributed by atoms with Gasteiger partial charge in [-0.15, -0.1) is 0 Å². The number of carbonyl (C=O) groups excluding carboxylic acids is 1. The molecule has 4 heteroatoms. The van der Waals surface area contributed by atoms with Crippen molar-refractivity contribution in [3.63, 3.8) is 0 Å². The molecule has 0 aromatic carbocycles. The number of hydrogen-bond acceptors (Lipinski definition) is 3. The summed E-state index contributed by atoms with van der Waals surface area (Å²) in [5, 5.41) is 3.33. The van der Waals surface area contributed by atoms with Crippen LogP contribution in [0.25, 0.3) is 0 Å². The molecular formula is C14H26N2O2. The van der Waals surface area contributed by atoms with Gasteiger partial charge in [0.15, 0.2) is 0 Å². The lowest BCUT2D eigenvalue weighted by Gasteiger charge is -2.28. The summed E-state index contributed by atoms with van der Waals surface area (Å²) in [6, 6.07) is 0. The molecular weight excluding hydrogens is 228 g/mol. The average Bonchev–Trinajstić information content (AvgIpc) is 2.42. The summed E-state index contributed by atoms with van der Waals surface area (Å²) in [5.41, 5.74) is 0. The monoisotopic (exact) mass is 254 g/mol. The lowest BCUT2D eigenvalue weighted by Crippen LogP contribution is -2.45. The quantitative estimate of drug-likeness (QED) is 0.821. The highest BCUT2D eigenvalue weighted by Gasteiger charge is 2.19. The van der Waals surface area contributed by atoms with E-state index in [1.165, 1.54) is 25.7 Å². The van der Waals surface area contributed by atoms with E-state index >= 15 is 0 Å². The number of hydrogen-bond donors (Lipinski definition) is 1. The fraction of sp³-hybridized carbons (Fsp3) is 0.929. The van der Waals surface area contributed by atoms with E-state index in [1.54, 1.807) is 0 Å². The molecule has 0 radical (unpaired) electrons. The molecule has 1 N–H and O–H groups in total. The highest BCUT2D eigenvalue weighted by atomic mass is 16.5. The standard InChI is InChI=1S/C14H26N2O2/c1-12-2-4-13(5-3-12)10-15-11-14(17)16-6-8-18-9-7-16/h12-13,15H,2-11H2,1H3. The van der Waals surface area contributed by atoms with Crippen LogP contribution in [-0.2, 0) is 9.53 Å². The third kappa shape index (κ3) is 4.25. The molecule has 0 unspecified atom stereocenters. The van der Waals surface area contributed by atoms with E-state index in [9.17, 15) is 4.79 Å². The molecule has 18 heavy (non-hydrogen) atoms. The molecule has 0 aromatic heterocycles. The summed E-state index contributed by atoms with van der Waals surface area (Å²) in [6.07, 6.45) is 5.34. The van der Waals surface area contributed by atoms with Crippen LogP contribution >= 0.6 is 0 Å². The van der Waals surface area contributed by atoms with Crippen LogP contribution in [0.3, 0.4) is 0 Å². The Morgan fingerprint density at radius 1 is 1.22 bits per heavy atom. The molecule has 0 aromatic rings. The van der Waals surface area contributed by atoms with Crippen LogP contribution in [-0.4, -0.2) is 50.2 Å².